The first-order chi connectivity index (χ1) is 8.62. The molecule has 0 aromatic heterocycles. The minimum absolute atomic E-state index is 0.312. The summed E-state index contributed by atoms with van der Waals surface area (Å²) in [5.74, 6) is -1.14. The van der Waals surface area contributed by atoms with Crippen LogP contribution >= 0.6 is 0 Å². The van der Waals surface area contributed by atoms with E-state index in [0.29, 0.717) is 26.2 Å². The van der Waals surface area contributed by atoms with E-state index in [-0.39, 0.29) is 0 Å². The number of nitrogens with zero attached hydrogens (tertiary/aromatic N) is 2. The lowest BCUT2D eigenvalue weighted by Crippen LogP contribution is -2.45. The van der Waals surface area contributed by atoms with Crippen molar-refractivity contribution in [2.45, 2.75) is 0 Å². The van der Waals surface area contributed by atoms with Gasteiger partial charge in [-0.15, -0.1) is 26.3 Å². The second kappa shape index (κ2) is 8.98. The third-order valence-corrected chi connectivity index (χ3v) is 2.16. The zero-order chi connectivity index (χ0) is 14.0. The van der Waals surface area contributed by atoms with Crippen LogP contribution in [0.15, 0.2) is 50.6 Å². The third kappa shape index (κ3) is 4.82. The topological polar surface area (TPSA) is 40.6 Å². The molecule has 4 nitrogen and oxygen atoms in total. The van der Waals surface area contributed by atoms with E-state index >= 15 is 0 Å². The average molecular weight is 248 g/mol. The van der Waals surface area contributed by atoms with Gasteiger partial charge < -0.3 is 9.80 Å². The van der Waals surface area contributed by atoms with Gasteiger partial charge in [-0.05, 0) is 0 Å². The summed E-state index contributed by atoms with van der Waals surface area (Å²) >= 11 is 0. The summed E-state index contributed by atoms with van der Waals surface area (Å²) < 4.78 is 0. The second-order valence-electron chi connectivity index (χ2n) is 3.57. The van der Waals surface area contributed by atoms with Crippen LogP contribution in [0.2, 0.25) is 0 Å². The van der Waals surface area contributed by atoms with Crippen molar-refractivity contribution in [2.24, 2.45) is 0 Å². The van der Waals surface area contributed by atoms with E-state index in [0.717, 1.165) is 0 Å². The lowest BCUT2D eigenvalue weighted by Gasteiger charge is -2.24. The molecule has 0 aliphatic rings. The number of rotatable bonds is 8. The van der Waals surface area contributed by atoms with Crippen molar-refractivity contribution in [2.75, 3.05) is 26.2 Å². The van der Waals surface area contributed by atoms with Gasteiger partial charge in [-0.2, -0.15) is 0 Å². The number of hydrogen-bond acceptors (Lipinski definition) is 2. The molecule has 18 heavy (non-hydrogen) atoms. The molecule has 2 amide bonds. The Hall–Kier alpha value is -2.10. The van der Waals surface area contributed by atoms with Crippen molar-refractivity contribution in [1.29, 1.82) is 0 Å². The minimum atomic E-state index is -0.571. The standard InChI is InChI=1S/C14H20N2O2/c1-5-9-15(10-6-2)13(17)14(18)16(11-7-3)12-8-4/h5-8H,1-4,9-12H2. The van der Waals surface area contributed by atoms with Crippen LogP contribution in [-0.4, -0.2) is 47.8 Å². The highest BCUT2D eigenvalue weighted by atomic mass is 16.2. The smallest absolute Gasteiger partial charge is 0.312 e. The number of carbonyl (C=O) groups excluding carboxylic acids is 2. The highest BCUT2D eigenvalue weighted by Gasteiger charge is 2.24. The van der Waals surface area contributed by atoms with Crippen LogP contribution in [0.1, 0.15) is 0 Å². The van der Waals surface area contributed by atoms with E-state index in [4.69, 9.17) is 0 Å². The summed E-state index contributed by atoms with van der Waals surface area (Å²) in [5.41, 5.74) is 0. The molecule has 0 saturated carbocycles. The second-order valence-corrected chi connectivity index (χ2v) is 3.57. The van der Waals surface area contributed by atoms with Gasteiger partial charge in [-0.3, -0.25) is 9.59 Å². The van der Waals surface area contributed by atoms with Crippen molar-refractivity contribution >= 4 is 11.8 Å². The summed E-state index contributed by atoms with van der Waals surface area (Å²) in [5, 5.41) is 0. The molecule has 0 N–H and O–H groups in total. The average Bonchev–Trinajstić information content (AvgIpc) is 2.36. The van der Waals surface area contributed by atoms with Gasteiger partial charge in [0.1, 0.15) is 0 Å². The van der Waals surface area contributed by atoms with Crippen molar-refractivity contribution in [3.05, 3.63) is 50.6 Å². The monoisotopic (exact) mass is 248 g/mol. The molecule has 0 saturated heterocycles. The summed E-state index contributed by atoms with van der Waals surface area (Å²) in [6.07, 6.45) is 6.28. The molecule has 0 aliphatic carbocycles. The van der Waals surface area contributed by atoms with Gasteiger partial charge in [-0.25, -0.2) is 0 Å². The van der Waals surface area contributed by atoms with Crippen LogP contribution in [0.25, 0.3) is 0 Å². The zero-order valence-electron chi connectivity index (χ0n) is 10.7. The molecule has 0 spiro atoms. The van der Waals surface area contributed by atoms with Crippen molar-refractivity contribution < 1.29 is 9.59 Å². The molecular weight excluding hydrogens is 228 g/mol. The Morgan fingerprint density at radius 1 is 0.667 bits per heavy atom. The molecule has 0 aromatic rings. The highest BCUT2D eigenvalue weighted by molar-refractivity contribution is 6.35. The molecule has 0 rings (SSSR count). The van der Waals surface area contributed by atoms with Crippen LogP contribution in [-0.2, 0) is 9.59 Å². The minimum Gasteiger partial charge on any atom is -0.327 e. The van der Waals surface area contributed by atoms with Gasteiger partial charge in [0.15, 0.2) is 0 Å². The number of amides is 2. The first-order valence-electron chi connectivity index (χ1n) is 5.64. The largest absolute Gasteiger partial charge is 0.327 e. The van der Waals surface area contributed by atoms with Gasteiger partial charge >= 0.3 is 11.8 Å². The molecule has 0 aliphatic heterocycles. The van der Waals surface area contributed by atoms with E-state index in [1.807, 2.05) is 0 Å². The summed E-state index contributed by atoms with van der Waals surface area (Å²) in [7, 11) is 0. The van der Waals surface area contributed by atoms with Crippen molar-refractivity contribution in [3.8, 4) is 0 Å². The molecule has 0 atom stereocenters. The molecule has 0 unspecified atom stereocenters. The molecule has 0 bridgehead atoms. The summed E-state index contributed by atoms with van der Waals surface area (Å²) in [4.78, 5) is 26.7. The Kier molecular flexibility index (Phi) is 7.94. The lowest BCUT2D eigenvalue weighted by molar-refractivity contribution is -0.150. The summed E-state index contributed by atoms with van der Waals surface area (Å²) in [6, 6.07) is 0. The SMILES string of the molecule is C=CCN(CC=C)C(=O)C(=O)N(CC=C)CC=C. The normalized spacial score (nSPS) is 9.11. The van der Waals surface area contributed by atoms with E-state index in [1.165, 1.54) is 9.80 Å². The molecule has 98 valence electrons. The molecule has 0 heterocycles. The quantitative estimate of drug-likeness (QED) is 0.481. The fraction of sp³-hybridized carbons (Fsp3) is 0.286. The molecular formula is C14H20N2O2. The Labute approximate surface area is 109 Å². The van der Waals surface area contributed by atoms with Crippen LogP contribution in [0.4, 0.5) is 0 Å². The van der Waals surface area contributed by atoms with Crippen molar-refractivity contribution in [1.82, 2.24) is 9.80 Å². The number of hydrogen-bond donors (Lipinski definition) is 0. The van der Waals surface area contributed by atoms with E-state index in [2.05, 4.69) is 26.3 Å². The molecule has 0 fully saturated rings. The maximum absolute atomic E-state index is 12.0. The van der Waals surface area contributed by atoms with Gasteiger partial charge in [0, 0.05) is 26.2 Å². The summed E-state index contributed by atoms with van der Waals surface area (Å²) in [6.45, 7) is 15.5. The Bertz CT molecular complexity index is 294. The predicted molar refractivity (Wildman–Crippen MR) is 73.9 cm³/mol. The van der Waals surface area contributed by atoms with Gasteiger partial charge in [0.2, 0.25) is 0 Å². The Morgan fingerprint density at radius 3 is 1.06 bits per heavy atom. The van der Waals surface area contributed by atoms with E-state index < -0.39 is 11.8 Å². The van der Waals surface area contributed by atoms with Crippen LogP contribution in [0.3, 0.4) is 0 Å². The van der Waals surface area contributed by atoms with Gasteiger partial charge in [0.25, 0.3) is 0 Å². The van der Waals surface area contributed by atoms with Crippen LogP contribution < -0.4 is 0 Å². The van der Waals surface area contributed by atoms with E-state index in [1.54, 1.807) is 24.3 Å². The zero-order valence-corrected chi connectivity index (χ0v) is 10.7. The third-order valence-electron chi connectivity index (χ3n) is 2.16. The van der Waals surface area contributed by atoms with Crippen LogP contribution in [0, 0.1) is 0 Å². The molecule has 4 heteroatoms. The highest BCUT2D eigenvalue weighted by Crippen LogP contribution is 1.98. The fourth-order valence-corrected chi connectivity index (χ4v) is 1.37. The first-order valence-corrected chi connectivity index (χ1v) is 5.64. The van der Waals surface area contributed by atoms with Crippen LogP contribution in [0.5, 0.6) is 0 Å². The van der Waals surface area contributed by atoms with E-state index in [9.17, 15) is 9.59 Å². The van der Waals surface area contributed by atoms with Gasteiger partial charge in [0.05, 0.1) is 0 Å². The molecule has 0 radical (unpaired) electrons. The maximum atomic E-state index is 12.0. The first kappa shape index (κ1) is 15.9. The fourth-order valence-electron chi connectivity index (χ4n) is 1.37. The predicted octanol–water partition coefficient (Wildman–Crippen LogP) is 1.39. The lowest BCUT2D eigenvalue weighted by atomic mass is 10.3. The maximum Gasteiger partial charge on any atom is 0.312 e. The number of carbonyl (C=O) groups is 2. The molecule has 0 aromatic carbocycles. The van der Waals surface area contributed by atoms with Gasteiger partial charge in [-0.1, -0.05) is 24.3 Å². The Morgan fingerprint density at radius 2 is 0.889 bits per heavy atom. The van der Waals surface area contributed by atoms with Crippen molar-refractivity contribution in [3.63, 3.8) is 0 Å². The Balaban J connectivity index is 4.82.